The van der Waals surface area contributed by atoms with Gasteiger partial charge in [0.05, 0.1) is 44.0 Å². The van der Waals surface area contributed by atoms with Crippen LogP contribution in [0.1, 0.15) is 58.1 Å². The minimum absolute atomic E-state index is 0. The summed E-state index contributed by atoms with van der Waals surface area (Å²) in [5.74, 6) is -1.29. The predicted octanol–water partition coefficient (Wildman–Crippen LogP) is -2.55. The van der Waals surface area contributed by atoms with Crippen LogP contribution in [0.25, 0.3) is 21.5 Å². The predicted molar refractivity (Wildman–Crippen MR) is 228 cm³/mol. The van der Waals surface area contributed by atoms with E-state index in [9.17, 15) is 44.2 Å². The van der Waals surface area contributed by atoms with E-state index in [4.69, 9.17) is 11.6 Å². The zero-order valence-electron chi connectivity index (χ0n) is 36.3. The Bertz CT molecular complexity index is 3010. The molecule has 4 aromatic rings. The Balaban J connectivity index is 0.00000299. The number of hydrogen-bond acceptors (Lipinski definition) is 14. The van der Waals surface area contributed by atoms with Crippen LogP contribution in [-0.4, -0.2) is 73.8 Å². The molecule has 22 heteroatoms. The number of hydrogen-bond donors (Lipinski definition) is 0. The maximum atomic E-state index is 11.9. The van der Waals surface area contributed by atoms with Crippen molar-refractivity contribution in [3.63, 3.8) is 0 Å². The van der Waals surface area contributed by atoms with E-state index in [1.165, 1.54) is 12.1 Å². The third-order valence-corrected chi connectivity index (χ3v) is 14.8. The molecule has 64 heavy (non-hydrogen) atoms. The maximum Gasteiger partial charge on any atom is 1.00 e. The van der Waals surface area contributed by atoms with Crippen molar-refractivity contribution in [2.24, 2.45) is 0 Å². The second-order valence-electron chi connectivity index (χ2n) is 16.1. The SMILES string of the molecule is CC1(C)C(C=CC2=C(Cl)C(=C/C=C3/N(CCS(=O)(=O)[O-])c4ccc5cc(SOO[O-])ccc5c4C3(C)C)CCC2)=[N+](CCS(=O)(=O)[O-])c2ccc3cc(S(=O)(=O)[O-])ccc3c21.[Na+].[Na+].[Na+]. The Kier molecular flexibility index (Phi) is 18.6. The van der Waals surface area contributed by atoms with Gasteiger partial charge in [-0.2, -0.15) is 8.91 Å². The summed E-state index contributed by atoms with van der Waals surface area (Å²) in [6.07, 6.45) is 9.54. The molecule has 0 radical (unpaired) electrons. The normalized spacial score (nSPS) is 18.4. The van der Waals surface area contributed by atoms with Crippen molar-refractivity contribution in [1.29, 1.82) is 0 Å². The van der Waals surface area contributed by atoms with Crippen molar-refractivity contribution in [1.82, 2.24) is 0 Å². The molecule has 0 amide bonds. The Labute approximate surface area is 449 Å². The standard InChI is InChI=1S/C42H43ClN2O12S4.3Na/c1-41(2)36(44(20-22-59(47,48)49)34-16-8-28-24-30(58-57-56-46)12-14-32(28)38(34)41)18-10-26-6-5-7-27(40(26)43)11-19-37-42(3,4)39-33-15-13-31(61(53,54)55)25-29(33)9-17-35(39)45(37)21-23-60(50,51)52;;;/h8-19,24-25H,5-7,20-23H2,1-4H3,(H3-,46,47,48,49,50,51,52,53,54,55);;;/q;3*+1/p-3. The number of rotatable bonds is 13. The second kappa shape index (κ2) is 21.4. The van der Waals surface area contributed by atoms with Gasteiger partial charge in [-0.05, 0) is 114 Å². The van der Waals surface area contributed by atoms with Crippen LogP contribution < -0.4 is 98.8 Å². The molecule has 1 aliphatic carbocycles. The number of benzene rings is 4. The molecule has 4 aromatic carbocycles. The zero-order chi connectivity index (χ0) is 44.3. The minimum Gasteiger partial charge on any atom is -0.748 e. The Hall–Kier alpha value is -0.920. The number of nitrogens with zero attached hydrogens (tertiary/aromatic N) is 2. The fourth-order valence-electron chi connectivity index (χ4n) is 8.86. The molecule has 3 aliphatic rings. The van der Waals surface area contributed by atoms with Crippen molar-refractivity contribution >= 4 is 92.6 Å². The van der Waals surface area contributed by atoms with E-state index in [2.05, 4.69) is 9.37 Å². The van der Waals surface area contributed by atoms with Crippen LogP contribution >= 0.6 is 23.6 Å². The van der Waals surface area contributed by atoms with E-state index in [0.717, 1.165) is 62.9 Å². The molecule has 2 heterocycles. The van der Waals surface area contributed by atoms with Crippen molar-refractivity contribution in [2.75, 3.05) is 29.5 Å². The van der Waals surface area contributed by atoms with E-state index in [0.29, 0.717) is 44.9 Å². The number of fused-ring (bicyclic) bond motifs is 6. The average molecular weight is 997 g/mol. The summed E-state index contributed by atoms with van der Waals surface area (Å²) in [6, 6.07) is 16.7. The monoisotopic (exact) mass is 996 g/mol. The third kappa shape index (κ3) is 11.7. The Morgan fingerprint density at radius 2 is 1.42 bits per heavy atom. The number of halogens is 1. The molecule has 0 unspecified atom stereocenters. The summed E-state index contributed by atoms with van der Waals surface area (Å²) < 4.78 is 113. The molecule has 0 aromatic heterocycles. The first-order valence-electron chi connectivity index (χ1n) is 19.0. The zero-order valence-corrected chi connectivity index (χ0v) is 46.4. The molecule has 324 valence electrons. The summed E-state index contributed by atoms with van der Waals surface area (Å²) >= 11 is 7.92. The van der Waals surface area contributed by atoms with Crippen LogP contribution in [0.5, 0.6) is 0 Å². The van der Waals surface area contributed by atoms with Gasteiger partial charge in [0.25, 0.3) is 0 Å². The van der Waals surface area contributed by atoms with Gasteiger partial charge in [0.1, 0.15) is 20.2 Å². The summed E-state index contributed by atoms with van der Waals surface area (Å²) in [5, 5.41) is 17.3. The summed E-state index contributed by atoms with van der Waals surface area (Å²) in [5.41, 5.74) is 4.65. The molecule has 0 atom stereocenters. The second-order valence-corrected chi connectivity index (χ2v) is 21.7. The van der Waals surface area contributed by atoms with Crippen LogP contribution in [0, 0.1) is 0 Å². The molecule has 2 aliphatic heterocycles. The molecule has 7 rings (SSSR count). The van der Waals surface area contributed by atoms with Gasteiger partial charge < -0.3 is 23.8 Å². The molecule has 0 spiro atoms. The first kappa shape index (κ1) is 55.7. The smallest absolute Gasteiger partial charge is 0.748 e. The summed E-state index contributed by atoms with van der Waals surface area (Å²) in [4.78, 5) is 2.10. The van der Waals surface area contributed by atoms with Crippen LogP contribution in [0.3, 0.4) is 0 Å². The Morgan fingerprint density at radius 1 is 0.781 bits per heavy atom. The van der Waals surface area contributed by atoms with Gasteiger partial charge in [-0.25, -0.2) is 25.3 Å². The first-order valence-corrected chi connectivity index (χ1v) is 24.7. The van der Waals surface area contributed by atoms with Gasteiger partial charge >= 0.3 is 88.7 Å². The van der Waals surface area contributed by atoms with Crippen LogP contribution in [0.4, 0.5) is 11.4 Å². The van der Waals surface area contributed by atoms with Crippen molar-refractivity contribution in [3.8, 4) is 0 Å². The van der Waals surface area contributed by atoms with Gasteiger partial charge in [0.2, 0.25) is 5.69 Å². The van der Waals surface area contributed by atoms with E-state index in [-0.39, 0.29) is 107 Å². The van der Waals surface area contributed by atoms with Gasteiger partial charge in [0, 0.05) is 51.0 Å². The first-order chi connectivity index (χ1) is 28.5. The quantitative estimate of drug-likeness (QED) is 0.0337. The van der Waals surface area contributed by atoms with Gasteiger partial charge in [-0.3, -0.25) is 5.04 Å². The molecular weight excluding hydrogens is 957 g/mol. The van der Waals surface area contributed by atoms with E-state index >= 15 is 0 Å². The fraction of sp³-hybridized carbons (Fsp3) is 0.310. The van der Waals surface area contributed by atoms with E-state index in [1.54, 1.807) is 28.8 Å². The molecule has 14 nitrogen and oxygen atoms in total. The molecule has 0 N–H and O–H groups in total. The fourth-order valence-corrected chi connectivity index (χ4v) is 10.9. The molecular formula is C42H40ClN2Na3O12S4. The number of anilines is 1. The van der Waals surface area contributed by atoms with Gasteiger partial charge in [-0.15, -0.1) is 0 Å². The van der Waals surface area contributed by atoms with Crippen LogP contribution in [0.2, 0.25) is 0 Å². The molecule has 0 fully saturated rings. The van der Waals surface area contributed by atoms with Crippen molar-refractivity contribution < 1.29 is 147 Å². The van der Waals surface area contributed by atoms with Crippen molar-refractivity contribution in [2.45, 2.75) is 67.6 Å². The molecule has 0 saturated carbocycles. The number of allylic oxidation sites excluding steroid dienone is 8. The Morgan fingerprint density at radius 3 is 2.08 bits per heavy atom. The average Bonchev–Trinajstić information content (AvgIpc) is 3.54. The van der Waals surface area contributed by atoms with Gasteiger partial charge in [-0.1, -0.05) is 55.8 Å². The van der Waals surface area contributed by atoms with Crippen molar-refractivity contribution in [3.05, 3.63) is 118 Å². The van der Waals surface area contributed by atoms with Crippen LogP contribution in [0.15, 0.2) is 117 Å². The van der Waals surface area contributed by atoms with Gasteiger partial charge in [0.15, 0.2) is 12.3 Å². The minimum atomic E-state index is -4.72. The maximum absolute atomic E-state index is 11.9. The van der Waals surface area contributed by atoms with Crippen LogP contribution in [-0.2, 0) is 50.6 Å². The summed E-state index contributed by atoms with van der Waals surface area (Å²) in [6.45, 7) is 7.68. The topological polar surface area (TPSA) is 219 Å². The van der Waals surface area contributed by atoms with E-state index in [1.807, 2.05) is 81.2 Å². The molecule has 0 saturated heterocycles. The molecule has 0 bridgehead atoms. The largest absolute Gasteiger partial charge is 1.00 e. The van der Waals surface area contributed by atoms with E-state index < -0.39 is 52.7 Å². The third-order valence-electron chi connectivity index (χ3n) is 11.5. The summed E-state index contributed by atoms with van der Waals surface area (Å²) in [7, 11) is -13.9.